The molecular formula is C12H13N3O2. The first-order chi connectivity index (χ1) is 8.20. The summed E-state index contributed by atoms with van der Waals surface area (Å²) in [6.45, 7) is 0. The molecule has 0 aliphatic heterocycles. The van der Waals surface area contributed by atoms with E-state index in [4.69, 9.17) is 10.4 Å². The zero-order valence-corrected chi connectivity index (χ0v) is 9.26. The highest BCUT2D eigenvalue weighted by atomic mass is 16.4. The topological polar surface area (TPSA) is 86.0 Å². The predicted molar refractivity (Wildman–Crippen MR) is 61.3 cm³/mol. The van der Waals surface area contributed by atoms with Gasteiger partial charge in [-0.05, 0) is 31.4 Å². The minimum Gasteiger partial charge on any atom is -0.481 e. The summed E-state index contributed by atoms with van der Waals surface area (Å²) in [6.07, 6.45) is 3.70. The highest BCUT2D eigenvalue weighted by Crippen LogP contribution is 2.28. The number of hydrogen-bond donors (Lipinski definition) is 2. The van der Waals surface area contributed by atoms with Crippen molar-refractivity contribution in [2.45, 2.75) is 25.3 Å². The second-order valence-electron chi connectivity index (χ2n) is 4.20. The molecule has 5 nitrogen and oxygen atoms in total. The van der Waals surface area contributed by atoms with Crippen molar-refractivity contribution in [3.8, 4) is 6.07 Å². The number of carboxylic acids is 1. The molecule has 0 saturated heterocycles. The molecule has 5 heteroatoms. The van der Waals surface area contributed by atoms with Crippen LogP contribution in [0.5, 0.6) is 0 Å². The molecule has 2 N–H and O–H groups in total. The van der Waals surface area contributed by atoms with E-state index in [-0.39, 0.29) is 12.0 Å². The van der Waals surface area contributed by atoms with Crippen molar-refractivity contribution in [3.63, 3.8) is 0 Å². The van der Waals surface area contributed by atoms with Gasteiger partial charge in [0.1, 0.15) is 11.9 Å². The number of nitrogens with one attached hydrogen (secondary N) is 1. The number of rotatable bonds is 3. The lowest BCUT2D eigenvalue weighted by molar-refractivity contribution is -0.141. The SMILES string of the molecule is N#Cc1cccnc1NC1CCC(C(=O)O)C1. The Kier molecular flexibility index (Phi) is 3.24. The van der Waals surface area contributed by atoms with Crippen LogP contribution in [0.25, 0.3) is 0 Å². The summed E-state index contributed by atoms with van der Waals surface area (Å²) in [5, 5.41) is 21.0. The van der Waals surface area contributed by atoms with Crippen molar-refractivity contribution in [1.82, 2.24) is 4.98 Å². The van der Waals surface area contributed by atoms with Crippen molar-refractivity contribution in [3.05, 3.63) is 23.9 Å². The van der Waals surface area contributed by atoms with Crippen LogP contribution < -0.4 is 5.32 Å². The molecule has 2 unspecified atom stereocenters. The number of hydrogen-bond acceptors (Lipinski definition) is 4. The molecule has 1 aliphatic rings. The maximum absolute atomic E-state index is 10.8. The van der Waals surface area contributed by atoms with Crippen LogP contribution in [0.4, 0.5) is 5.82 Å². The molecule has 17 heavy (non-hydrogen) atoms. The van der Waals surface area contributed by atoms with Gasteiger partial charge in [-0.3, -0.25) is 4.79 Å². The number of nitrogens with zero attached hydrogens (tertiary/aromatic N) is 2. The number of anilines is 1. The smallest absolute Gasteiger partial charge is 0.306 e. The van der Waals surface area contributed by atoms with Crippen LogP contribution in [-0.2, 0) is 4.79 Å². The van der Waals surface area contributed by atoms with E-state index >= 15 is 0 Å². The first-order valence-corrected chi connectivity index (χ1v) is 5.55. The minimum atomic E-state index is -0.740. The Morgan fingerprint density at radius 1 is 1.59 bits per heavy atom. The molecule has 2 atom stereocenters. The van der Waals surface area contributed by atoms with Crippen LogP contribution in [0, 0.1) is 17.2 Å². The molecular weight excluding hydrogens is 218 g/mol. The third-order valence-corrected chi connectivity index (χ3v) is 3.05. The van der Waals surface area contributed by atoms with Crippen LogP contribution in [0.15, 0.2) is 18.3 Å². The number of aromatic nitrogens is 1. The fourth-order valence-corrected chi connectivity index (χ4v) is 2.14. The fraction of sp³-hybridized carbons (Fsp3) is 0.417. The highest BCUT2D eigenvalue weighted by molar-refractivity contribution is 5.70. The molecule has 0 spiro atoms. The summed E-state index contributed by atoms with van der Waals surface area (Å²) in [5.41, 5.74) is 0.492. The van der Waals surface area contributed by atoms with Gasteiger partial charge in [-0.1, -0.05) is 0 Å². The lowest BCUT2D eigenvalue weighted by Gasteiger charge is -2.13. The van der Waals surface area contributed by atoms with E-state index in [1.54, 1.807) is 18.3 Å². The van der Waals surface area contributed by atoms with E-state index in [0.29, 0.717) is 24.2 Å². The van der Waals surface area contributed by atoms with Crippen LogP contribution >= 0.6 is 0 Å². The van der Waals surface area contributed by atoms with E-state index in [9.17, 15) is 4.79 Å². The Balaban J connectivity index is 2.03. The van der Waals surface area contributed by atoms with Crippen LogP contribution in [0.3, 0.4) is 0 Å². The molecule has 88 valence electrons. The third-order valence-electron chi connectivity index (χ3n) is 3.05. The summed E-state index contributed by atoms with van der Waals surface area (Å²) in [6, 6.07) is 5.56. The number of aliphatic carboxylic acids is 1. The molecule has 1 fully saturated rings. The monoisotopic (exact) mass is 231 g/mol. The van der Waals surface area contributed by atoms with Gasteiger partial charge in [-0.2, -0.15) is 5.26 Å². The van der Waals surface area contributed by atoms with Gasteiger partial charge in [0, 0.05) is 12.2 Å². The molecule has 0 amide bonds. The number of nitriles is 1. The van der Waals surface area contributed by atoms with Crippen LogP contribution in [-0.4, -0.2) is 22.1 Å². The molecule has 0 radical (unpaired) electrons. The summed E-state index contributed by atoms with van der Waals surface area (Å²) < 4.78 is 0. The molecule has 0 aromatic carbocycles. The Hall–Kier alpha value is -2.09. The van der Waals surface area contributed by atoms with Crippen molar-refractivity contribution in [2.75, 3.05) is 5.32 Å². The van der Waals surface area contributed by atoms with Gasteiger partial charge in [-0.15, -0.1) is 0 Å². The van der Waals surface area contributed by atoms with Gasteiger partial charge in [-0.25, -0.2) is 4.98 Å². The summed E-state index contributed by atoms with van der Waals surface area (Å²) >= 11 is 0. The van der Waals surface area contributed by atoms with E-state index in [1.165, 1.54) is 0 Å². The summed E-state index contributed by atoms with van der Waals surface area (Å²) in [7, 11) is 0. The van der Waals surface area contributed by atoms with E-state index in [2.05, 4.69) is 16.4 Å². The molecule has 1 heterocycles. The Labute approximate surface area is 99.1 Å². The zero-order valence-electron chi connectivity index (χ0n) is 9.26. The normalized spacial score (nSPS) is 23.0. The third kappa shape index (κ3) is 2.53. The van der Waals surface area contributed by atoms with Crippen molar-refractivity contribution >= 4 is 11.8 Å². The average Bonchev–Trinajstić information content (AvgIpc) is 2.78. The van der Waals surface area contributed by atoms with Crippen LogP contribution in [0.2, 0.25) is 0 Å². The van der Waals surface area contributed by atoms with E-state index in [1.807, 2.05) is 0 Å². The first kappa shape index (κ1) is 11.4. The standard InChI is InChI=1S/C12H13N3O2/c13-7-9-2-1-5-14-11(9)15-10-4-3-8(6-10)12(16)17/h1-2,5,8,10H,3-4,6H2,(H,14,15)(H,16,17). The number of carbonyl (C=O) groups is 1. The quantitative estimate of drug-likeness (QED) is 0.825. The van der Waals surface area contributed by atoms with E-state index < -0.39 is 5.97 Å². The van der Waals surface area contributed by atoms with Crippen molar-refractivity contribution < 1.29 is 9.90 Å². The second-order valence-corrected chi connectivity index (χ2v) is 4.20. The molecule has 1 aromatic heterocycles. The molecule has 1 saturated carbocycles. The number of pyridine rings is 1. The van der Waals surface area contributed by atoms with Gasteiger partial charge in [0.05, 0.1) is 11.5 Å². The van der Waals surface area contributed by atoms with Crippen LogP contribution in [0.1, 0.15) is 24.8 Å². The maximum atomic E-state index is 10.8. The van der Waals surface area contributed by atoms with E-state index in [0.717, 1.165) is 6.42 Å². The predicted octanol–water partition coefficient (Wildman–Crippen LogP) is 1.62. The molecule has 2 rings (SSSR count). The van der Waals surface area contributed by atoms with Gasteiger partial charge < -0.3 is 10.4 Å². The van der Waals surface area contributed by atoms with Crippen molar-refractivity contribution in [1.29, 1.82) is 5.26 Å². The minimum absolute atomic E-state index is 0.0955. The Morgan fingerprint density at radius 2 is 2.41 bits per heavy atom. The fourth-order valence-electron chi connectivity index (χ4n) is 2.14. The Bertz CT molecular complexity index is 467. The molecule has 0 bridgehead atoms. The largest absolute Gasteiger partial charge is 0.481 e. The molecule has 1 aromatic rings. The lowest BCUT2D eigenvalue weighted by Crippen LogP contribution is -2.19. The van der Waals surface area contributed by atoms with Gasteiger partial charge in [0.25, 0.3) is 0 Å². The Morgan fingerprint density at radius 3 is 3.06 bits per heavy atom. The average molecular weight is 231 g/mol. The highest BCUT2D eigenvalue weighted by Gasteiger charge is 2.30. The van der Waals surface area contributed by atoms with Gasteiger partial charge >= 0.3 is 5.97 Å². The second kappa shape index (κ2) is 4.83. The lowest BCUT2D eigenvalue weighted by atomic mass is 10.1. The maximum Gasteiger partial charge on any atom is 0.306 e. The van der Waals surface area contributed by atoms with Gasteiger partial charge in [0.2, 0.25) is 0 Å². The molecule has 1 aliphatic carbocycles. The number of carboxylic acid groups (broad SMARTS) is 1. The summed E-state index contributed by atoms with van der Waals surface area (Å²) in [4.78, 5) is 14.9. The first-order valence-electron chi connectivity index (χ1n) is 5.55. The zero-order chi connectivity index (χ0) is 12.3. The van der Waals surface area contributed by atoms with Crippen molar-refractivity contribution in [2.24, 2.45) is 5.92 Å². The van der Waals surface area contributed by atoms with Gasteiger partial charge in [0.15, 0.2) is 0 Å². The summed E-state index contributed by atoms with van der Waals surface area (Å²) in [5.74, 6) is -0.469.